The van der Waals surface area contributed by atoms with Crippen LogP contribution < -0.4 is 10.6 Å². The zero-order valence-corrected chi connectivity index (χ0v) is 13.1. The highest BCUT2D eigenvalue weighted by atomic mass is 15.0. The van der Waals surface area contributed by atoms with E-state index in [0.29, 0.717) is 6.04 Å². The van der Waals surface area contributed by atoms with Crippen LogP contribution in [-0.2, 0) is 6.54 Å². The van der Waals surface area contributed by atoms with Gasteiger partial charge >= 0.3 is 0 Å². The number of anilines is 1. The fraction of sp³-hybridized carbons (Fsp3) is 0.471. The van der Waals surface area contributed by atoms with Crippen LogP contribution >= 0.6 is 0 Å². The molecule has 3 nitrogen and oxygen atoms in total. The molecule has 0 spiro atoms. The van der Waals surface area contributed by atoms with E-state index in [9.17, 15) is 0 Å². The van der Waals surface area contributed by atoms with Gasteiger partial charge in [-0.05, 0) is 45.6 Å². The normalized spacial score (nSPS) is 12.1. The Morgan fingerprint density at radius 2 is 1.75 bits per heavy atom. The lowest BCUT2D eigenvalue weighted by molar-refractivity contribution is 0.425. The molecule has 1 heterocycles. The quantitative estimate of drug-likeness (QED) is 0.884. The van der Waals surface area contributed by atoms with Gasteiger partial charge in [-0.15, -0.1) is 0 Å². The monoisotopic (exact) mass is 271 g/mol. The Hall–Kier alpha value is -1.61. The second-order valence-electron chi connectivity index (χ2n) is 6.58. The zero-order chi connectivity index (χ0) is 14.8. The first-order chi connectivity index (χ1) is 9.37. The summed E-state index contributed by atoms with van der Waals surface area (Å²) in [7, 11) is 0. The fourth-order valence-corrected chi connectivity index (χ4v) is 2.14. The summed E-state index contributed by atoms with van der Waals surface area (Å²) in [5, 5.41) is 9.40. The summed E-state index contributed by atoms with van der Waals surface area (Å²) in [4.78, 5) is 4.60. The Morgan fingerprint density at radius 1 is 1.10 bits per heavy atom. The Kier molecular flexibility index (Phi) is 4.29. The van der Waals surface area contributed by atoms with Gasteiger partial charge in [-0.2, -0.15) is 0 Å². The number of hydrogen-bond donors (Lipinski definition) is 2. The van der Waals surface area contributed by atoms with Gasteiger partial charge in [0.05, 0.1) is 0 Å². The second kappa shape index (κ2) is 5.80. The van der Waals surface area contributed by atoms with E-state index in [0.717, 1.165) is 12.4 Å². The minimum absolute atomic E-state index is 0.107. The molecule has 0 atom stereocenters. The van der Waals surface area contributed by atoms with Crippen LogP contribution in [-0.4, -0.2) is 16.6 Å². The minimum Gasteiger partial charge on any atom is -0.367 e. The maximum absolute atomic E-state index is 4.60. The van der Waals surface area contributed by atoms with Crippen LogP contribution in [0.4, 0.5) is 5.82 Å². The lowest BCUT2D eigenvalue weighted by Gasteiger charge is -2.21. The van der Waals surface area contributed by atoms with Crippen LogP contribution in [0.2, 0.25) is 0 Å². The number of hydrogen-bond acceptors (Lipinski definition) is 3. The number of pyridine rings is 1. The number of rotatable bonds is 4. The average Bonchev–Trinajstić information content (AvgIpc) is 2.36. The summed E-state index contributed by atoms with van der Waals surface area (Å²) in [6, 6.07) is 8.83. The van der Waals surface area contributed by atoms with Crippen LogP contribution in [0.15, 0.2) is 30.5 Å². The summed E-state index contributed by atoms with van der Waals surface area (Å²) in [6.45, 7) is 11.6. The van der Waals surface area contributed by atoms with Gasteiger partial charge < -0.3 is 10.6 Å². The van der Waals surface area contributed by atoms with Crippen molar-refractivity contribution in [2.45, 2.75) is 52.7 Å². The van der Waals surface area contributed by atoms with Crippen LogP contribution in [0.5, 0.6) is 0 Å². The molecule has 2 rings (SSSR count). The minimum atomic E-state index is 0.107. The largest absolute Gasteiger partial charge is 0.367 e. The fourth-order valence-electron chi connectivity index (χ4n) is 2.14. The topological polar surface area (TPSA) is 37.0 Å². The van der Waals surface area contributed by atoms with E-state index in [4.69, 9.17) is 0 Å². The number of benzene rings is 1. The highest BCUT2D eigenvalue weighted by Crippen LogP contribution is 2.25. The average molecular weight is 271 g/mol. The van der Waals surface area contributed by atoms with Gasteiger partial charge in [-0.25, -0.2) is 4.98 Å². The number of nitrogens with one attached hydrogen (secondary N) is 2. The standard InChI is InChI=1S/C17H25N3/c1-12(2)20-16-15-9-7-6-8-14(15)13(10-18-16)11-19-17(3,4)5/h6-10,12,19H,11H2,1-5H3,(H,18,20). The Balaban J connectivity index is 2.38. The molecular weight excluding hydrogens is 246 g/mol. The Bertz CT molecular complexity index is 582. The molecule has 0 aliphatic carbocycles. The van der Waals surface area contributed by atoms with Crippen molar-refractivity contribution >= 4 is 16.6 Å². The predicted octanol–water partition coefficient (Wildman–Crippen LogP) is 3.94. The second-order valence-corrected chi connectivity index (χ2v) is 6.58. The van der Waals surface area contributed by atoms with E-state index in [2.05, 4.69) is 74.5 Å². The van der Waals surface area contributed by atoms with Crippen LogP contribution in [0.3, 0.4) is 0 Å². The van der Waals surface area contributed by atoms with Gasteiger partial charge in [0, 0.05) is 29.7 Å². The van der Waals surface area contributed by atoms with Crippen LogP contribution in [0.1, 0.15) is 40.2 Å². The van der Waals surface area contributed by atoms with E-state index in [1.165, 1.54) is 16.3 Å². The zero-order valence-electron chi connectivity index (χ0n) is 13.1. The van der Waals surface area contributed by atoms with Crippen molar-refractivity contribution in [1.29, 1.82) is 0 Å². The maximum atomic E-state index is 4.60. The molecule has 1 aromatic heterocycles. The molecule has 1 aromatic carbocycles. The summed E-state index contributed by atoms with van der Waals surface area (Å²) in [5.74, 6) is 0.968. The maximum Gasteiger partial charge on any atom is 0.134 e. The third-order valence-electron chi connectivity index (χ3n) is 3.11. The SMILES string of the molecule is CC(C)Nc1ncc(CNC(C)(C)C)c2ccccc12. The number of nitrogens with zero attached hydrogens (tertiary/aromatic N) is 1. The molecule has 20 heavy (non-hydrogen) atoms. The van der Waals surface area contributed by atoms with Gasteiger partial charge in [-0.3, -0.25) is 0 Å². The van der Waals surface area contributed by atoms with Gasteiger partial charge in [0.1, 0.15) is 5.82 Å². The van der Waals surface area contributed by atoms with Crippen molar-refractivity contribution in [2.24, 2.45) is 0 Å². The molecule has 0 amide bonds. The highest BCUT2D eigenvalue weighted by Gasteiger charge is 2.12. The van der Waals surface area contributed by atoms with Gasteiger partial charge in [0.25, 0.3) is 0 Å². The molecule has 0 aliphatic rings. The summed E-state index contributed by atoms with van der Waals surface area (Å²) >= 11 is 0. The molecule has 0 saturated heterocycles. The Morgan fingerprint density at radius 3 is 2.35 bits per heavy atom. The predicted molar refractivity (Wildman–Crippen MR) is 87.1 cm³/mol. The molecule has 0 bridgehead atoms. The summed E-state index contributed by atoms with van der Waals surface area (Å²) in [5.41, 5.74) is 1.35. The molecule has 108 valence electrons. The first-order valence-corrected chi connectivity index (χ1v) is 7.25. The molecule has 0 unspecified atom stereocenters. The molecule has 3 heteroatoms. The van der Waals surface area contributed by atoms with Crippen molar-refractivity contribution in [2.75, 3.05) is 5.32 Å². The van der Waals surface area contributed by atoms with Crippen molar-refractivity contribution in [3.05, 3.63) is 36.0 Å². The van der Waals surface area contributed by atoms with Crippen molar-refractivity contribution in [3.63, 3.8) is 0 Å². The van der Waals surface area contributed by atoms with Crippen LogP contribution in [0.25, 0.3) is 10.8 Å². The van der Waals surface area contributed by atoms with E-state index >= 15 is 0 Å². The molecule has 2 N–H and O–H groups in total. The summed E-state index contributed by atoms with van der Waals surface area (Å²) in [6.07, 6.45) is 1.98. The smallest absolute Gasteiger partial charge is 0.134 e. The van der Waals surface area contributed by atoms with Crippen molar-refractivity contribution < 1.29 is 0 Å². The number of fused-ring (bicyclic) bond motifs is 1. The molecule has 0 fully saturated rings. The molecular formula is C17H25N3. The van der Waals surface area contributed by atoms with Gasteiger partial charge in [0.2, 0.25) is 0 Å². The third kappa shape index (κ3) is 3.70. The summed E-state index contributed by atoms with van der Waals surface area (Å²) < 4.78 is 0. The van der Waals surface area contributed by atoms with Gasteiger partial charge in [0.15, 0.2) is 0 Å². The van der Waals surface area contributed by atoms with Crippen molar-refractivity contribution in [3.8, 4) is 0 Å². The Labute approximate surface area is 121 Å². The van der Waals surface area contributed by atoms with Gasteiger partial charge in [-0.1, -0.05) is 24.3 Å². The lowest BCUT2D eigenvalue weighted by atomic mass is 10.0. The van der Waals surface area contributed by atoms with E-state index in [1.54, 1.807) is 0 Å². The highest BCUT2D eigenvalue weighted by molar-refractivity contribution is 5.94. The first kappa shape index (κ1) is 14.8. The first-order valence-electron chi connectivity index (χ1n) is 7.25. The molecule has 0 radical (unpaired) electrons. The van der Waals surface area contributed by atoms with E-state index < -0.39 is 0 Å². The van der Waals surface area contributed by atoms with E-state index in [1.807, 2.05) is 6.20 Å². The van der Waals surface area contributed by atoms with Crippen molar-refractivity contribution in [1.82, 2.24) is 10.3 Å². The third-order valence-corrected chi connectivity index (χ3v) is 3.11. The van der Waals surface area contributed by atoms with Crippen LogP contribution in [0, 0.1) is 0 Å². The molecule has 0 saturated carbocycles. The van der Waals surface area contributed by atoms with E-state index in [-0.39, 0.29) is 5.54 Å². The lowest BCUT2D eigenvalue weighted by Crippen LogP contribution is -2.35. The molecule has 2 aromatic rings. The number of aromatic nitrogens is 1. The molecule has 0 aliphatic heterocycles.